The van der Waals surface area contributed by atoms with E-state index in [0.29, 0.717) is 19.7 Å². The van der Waals surface area contributed by atoms with Gasteiger partial charge in [0.15, 0.2) is 0 Å². The van der Waals surface area contributed by atoms with Crippen molar-refractivity contribution >= 4 is 5.91 Å². The lowest BCUT2D eigenvalue weighted by Crippen LogP contribution is -2.36. The monoisotopic (exact) mass is 377 g/mol. The molecule has 0 spiro atoms. The van der Waals surface area contributed by atoms with Crippen LogP contribution in [0.3, 0.4) is 0 Å². The Morgan fingerprint density at radius 3 is 2.46 bits per heavy atom. The molecule has 28 heavy (non-hydrogen) atoms. The van der Waals surface area contributed by atoms with E-state index >= 15 is 0 Å². The van der Waals surface area contributed by atoms with Crippen LogP contribution in [-0.4, -0.2) is 26.9 Å². The number of likely N-dealkylation sites (N-methyl/N-ethyl adjacent to an activating group) is 1. The summed E-state index contributed by atoms with van der Waals surface area (Å²) in [5.74, 6) is 0.658. The fourth-order valence-corrected chi connectivity index (χ4v) is 2.78. The normalized spacial score (nSPS) is 10.5. The molecule has 0 fully saturated rings. The van der Waals surface area contributed by atoms with Gasteiger partial charge in [0.25, 0.3) is 0 Å². The summed E-state index contributed by atoms with van der Waals surface area (Å²) in [6.45, 7) is 3.45. The molecule has 0 aliphatic heterocycles. The number of carbonyl (C=O) groups excluding carboxylic acids is 1. The Hall–Kier alpha value is -3.41. The maximum atomic E-state index is 12.5. The number of ether oxygens (including phenoxy) is 1. The highest BCUT2D eigenvalue weighted by molar-refractivity contribution is 5.76. The summed E-state index contributed by atoms with van der Waals surface area (Å²) in [7, 11) is 0. The molecule has 0 saturated heterocycles. The van der Waals surface area contributed by atoms with Crippen molar-refractivity contribution in [1.82, 2.24) is 14.5 Å². The van der Waals surface area contributed by atoms with E-state index in [1.807, 2.05) is 61.5 Å². The third-order valence-electron chi connectivity index (χ3n) is 4.37. The van der Waals surface area contributed by atoms with Gasteiger partial charge in [-0.3, -0.25) is 9.36 Å². The Morgan fingerprint density at radius 2 is 1.79 bits per heavy atom. The van der Waals surface area contributed by atoms with Gasteiger partial charge in [0, 0.05) is 25.5 Å². The summed E-state index contributed by atoms with van der Waals surface area (Å²) in [6, 6.07) is 19.3. The van der Waals surface area contributed by atoms with E-state index in [1.165, 1.54) is 10.8 Å². The lowest BCUT2D eigenvalue weighted by Gasteiger charge is -2.21. The number of amides is 1. The van der Waals surface area contributed by atoms with Crippen molar-refractivity contribution in [3.05, 3.63) is 94.7 Å². The molecule has 1 amide bonds. The average Bonchev–Trinajstić information content (AvgIpc) is 2.73. The van der Waals surface area contributed by atoms with Crippen LogP contribution in [0.4, 0.5) is 0 Å². The van der Waals surface area contributed by atoms with E-state index in [4.69, 9.17) is 4.74 Å². The van der Waals surface area contributed by atoms with E-state index in [2.05, 4.69) is 4.98 Å². The minimum Gasteiger partial charge on any atom is -0.489 e. The second kappa shape index (κ2) is 9.50. The van der Waals surface area contributed by atoms with Crippen LogP contribution < -0.4 is 10.4 Å². The van der Waals surface area contributed by atoms with Crippen molar-refractivity contribution in [3.8, 4) is 5.75 Å². The molecule has 144 valence electrons. The Balaban J connectivity index is 1.57. The maximum Gasteiger partial charge on any atom is 0.347 e. The van der Waals surface area contributed by atoms with E-state index < -0.39 is 5.69 Å². The minimum absolute atomic E-state index is 0.0151. The number of hydrogen-bond donors (Lipinski definition) is 0. The van der Waals surface area contributed by atoms with Gasteiger partial charge in [-0.15, -0.1) is 0 Å². The van der Waals surface area contributed by atoms with Crippen LogP contribution in [0, 0.1) is 0 Å². The molecule has 1 aromatic heterocycles. The molecule has 0 atom stereocenters. The molecule has 0 unspecified atom stereocenters. The molecule has 6 heteroatoms. The SMILES string of the molecule is CCN(Cc1ccc(OCc2ccccc2)cc1)C(=O)Cn1cccnc1=O. The van der Waals surface area contributed by atoms with Crippen LogP contribution in [0.1, 0.15) is 18.1 Å². The number of aromatic nitrogens is 2. The highest BCUT2D eigenvalue weighted by Crippen LogP contribution is 2.15. The van der Waals surface area contributed by atoms with Gasteiger partial charge >= 0.3 is 5.69 Å². The standard InChI is InChI=1S/C22H23N3O3/c1-2-24(21(26)16-25-14-6-13-23-22(25)27)15-18-9-11-20(12-10-18)28-17-19-7-4-3-5-8-19/h3-14H,2,15-17H2,1H3. The molecule has 1 heterocycles. The highest BCUT2D eigenvalue weighted by atomic mass is 16.5. The number of carbonyl (C=O) groups is 1. The van der Waals surface area contributed by atoms with Crippen LogP contribution in [0.15, 0.2) is 77.9 Å². The molecular weight excluding hydrogens is 354 g/mol. The number of nitrogens with zero attached hydrogens (tertiary/aromatic N) is 3. The summed E-state index contributed by atoms with van der Waals surface area (Å²) in [5.41, 5.74) is 1.69. The topological polar surface area (TPSA) is 64.4 Å². The molecule has 0 radical (unpaired) electrons. The third kappa shape index (κ3) is 5.30. The number of benzene rings is 2. The fourth-order valence-electron chi connectivity index (χ4n) is 2.78. The molecule has 6 nitrogen and oxygen atoms in total. The lowest BCUT2D eigenvalue weighted by atomic mass is 10.2. The molecule has 3 aromatic rings. The van der Waals surface area contributed by atoms with Gasteiger partial charge in [-0.05, 0) is 36.2 Å². The van der Waals surface area contributed by atoms with Crippen molar-refractivity contribution in [2.75, 3.05) is 6.54 Å². The van der Waals surface area contributed by atoms with E-state index in [1.54, 1.807) is 17.2 Å². The molecule has 0 aliphatic carbocycles. The van der Waals surface area contributed by atoms with Crippen LogP contribution >= 0.6 is 0 Å². The van der Waals surface area contributed by atoms with Crippen molar-refractivity contribution in [1.29, 1.82) is 0 Å². The van der Waals surface area contributed by atoms with Crippen LogP contribution in [0.25, 0.3) is 0 Å². The first-order valence-electron chi connectivity index (χ1n) is 9.20. The van der Waals surface area contributed by atoms with Crippen LogP contribution in [0.5, 0.6) is 5.75 Å². The van der Waals surface area contributed by atoms with E-state index in [0.717, 1.165) is 16.9 Å². The van der Waals surface area contributed by atoms with Crippen LogP contribution in [-0.2, 0) is 24.5 Å². The van der Waals surface area contributed by atoms with Crippen molar-refractivity contribution in [2.45, 2.75) is 26.6 Å². The summed E-state index contributed by atoms with van der Waals surface area (Å²) < 4.78 is 7.10. The average molecular weight is 377 g/mol. The zero-order chi connectivity index (χ0) is 19.8. The van der Waals surface area contributed by atoms with Crippen molar-refractivity contribution in [3.63, 3.8) is 0 Å². The van der Waals surface area contributed by atoms with Gasteiger partial charge in [0.05, 0.1) is 0 Å². The van der Waals surface area contributed by atoms with Gasteiger partial charge in [-0.2, -0.15) is 0 Å². The van der Waals surface area contributed by atoms with Gasteiger partial charge in [-0.25, -0.2) is 9.78 Å². The fraction of sp³-hybridized carbons (Fsp3) is 0.227. The van der Waals surface area contributed by atoms with Gasteiger partial charge in [0.1, 0.15) is 18.9 Å². The quantitative estimate of drug-likeness (QED) is 0.606. The lowest BCUT2D eigenvalue weighted by molar-refractivity contribution is -0.132. The van der Waals surface area contributed by atoms with Crippen molar-refractivity contribution < 1.29 is 9.53 Å². The Labute approximate surface area is 164 Å². The Bertz CT molecular complexity index is 953. The highest BCUT2D eigenvalue weighted by Gasteiger charge is 2.13. The smallest absolute Gasteiger partial charge is 0.347 e. The summed E-state index contributed by atoms with van der Waals surface area (Å²) in [4.78, 5) is 29.6. The van der Waals surface area contributed by atoms with Gasteiger partial charge in [0.2, 0.25) is 5.91 Å². The Morgan fingerprint density at radius 1 is 1.04 bits per heavy atom. The first-order chi connectivity index (χ1) is 13.7. The molecule has 0 saturated carbocycles. The zero-order valence-electron chi connectivity index (χ0n) is 15.8. The second-order valence-electron chi connectivity index (χ2n) is 6.36. The molecular formula is C22H23N3O3. The number of hydrogen-bond acceptors (Lipinski definition) is 4. The molecule has 0 bridgehead atoms. The van der Waals surface area contributed by atoms with E-state index in [-0.39, 0.29) is 12.5 Å². The second-order valence-corrected chi connectivity index (χ2v) is 6.36. The zero-order valence-corrected chi connectivity index (χ0v) is 15.8. The molecule has 3 rings (SSSR count). The van der Waals surface area contributed by atoms with Gasteiger partial charge in [-0.1, -0.05) is 42.5 Å². The molecule has 0 aliphatic rings. The number of rotatable bonds is 8. The third-order valence-corrected chi connectivity index (χ3v) is 4.37. The van der Waals surface area contributed by atoms with E-state index in [9.17, 15) is 9.59 Å². The molecule has 0 N–H and O–H groups in total. The predicted octanol–water partition coefficient (Wildman–Crippen LogP) is 2.87. The largest absolute Gasteiger partial charge is 0.489 e. The summed E-state index contributed by atoms with van der Waals surface area (Å²) in [5, 5.41) is 0. The first kappa shape index (κ1) is 19.4. The Kier molecular flexibility index (Phi) is 6.57. The summed E-state index contributed by atoms with van der Waals surface area (Å²) >= 11 is 0. The summed E-state index contributed by atoms with van der Waals surface area (Å²) in [6.07, 6.45) is 2.99. The van der Waals surface area contributed by atoms with Crippen molar-refractivity contribution in [2.24, 2.45) is 0 Å². The molecule has 2 aromatic carbocycles. The predicted molar refractivity (Wildman–Crippen MR) is 107 cm³/mol. The maximum absolute atomic E-state index is 12.5. The first-order valence-corrected chi connectivity index (χ1v) is 9.20. The van der Waals surface area contributed by atoms with Crippen LogP contribution in [0.2, 0.25) is 0 Å². The minimum atomic E-state index is -0.424. The van der Waals surface area contributed by atoms with Gasteiger partial charge < -0.3 is 9.64 Å².